The molecule has 9 rings (SSSR count). The van der Waals surface area contributed by atoms with Crippen molar-refractivity contribution in [2.75, 3.05) is 4.90 Å². The first-order chi connectivity index (χ1) is 22.3. The fourth-order valence-corrected chi connectivity index (χ4v) is 6.79. The third-order valence-electron chi connectivity index (χ3n) is 8.76. The predicted octanol–water partition coefficient (Wildman–Crippen LogP) is 11.8. The molecule has 0 aliphatic rings. The van der Waals surface area contributed by atoms with Gasteiger partial charge in [-0.3, -0.25) is 0 Å². The summed E-state index contributed by atoms with van der Waals surface area (Å²) in [5, 5.41) is 4.68. The second kappa shape index (κ2) is 10.3. The van der Waals surface area contributed by atoms with Crippen LogP contribution in [0.2, 0.25) is 0 Å². The first kappa shape index (κ1) is 25.4. The molecule has 0 saturated heterocycles. The third kappa shape index (κ3) is 4.13. The lowest BCUT2D eigenvalue weighted by atomic mass is 9.99. The van der Waals surface area contributed by atoms with Crippen LogP contribution < -0.4 is 4.90 Å². The van der Waals surface area contributed by atoms with Crippen LogP contribution >= 0.6 is 0 Å². The summed E-state index contributed by atoms with van der Waals surface area (Å²) in [6.45, 7) is 0. The SMILES string of the molecule is c1ccc(-c2cccc3c2c2cc(N(c4ccccc4)c4ccc5oc6ccccc6c5c4)ccc2n3-c2ccccc2)cc1. The highest BCUT2D eigenvalue weighted by molar-refractivity contribution is 6.17. The smallest absolute Gasteiger partial charge is 0.135 e. The zero-order valence-corrected chi connectivity index (χ0v) is 24.5. The molecule has 0 fully saturated rings. The van der Waals surface area contributed by atoms with E-state index < -0.39 is 0 Å². The average molecular weight is 577 g/mol. The number of fused-ring (bicyclic) bond motifs is 6. The Kier molecular flexibility index (Phi) is 5.82. The van der Waals surface area contributed by atoms with Gasteiger partial charge in [0.2, 0.25) is 0 Å². The van der Waals surface area contributed by atoms with Gasteiger partial charge < -0.3 is 13.9 Å². The fourth-order valence-electron chi connectivity index (χ4n) is 6.79. The minimum atomic E-state index is 0.891. The Hall–Kier alpha value is -6.06. The summed E-state index contributed by atoms with van der Waals surface area (Å²) in [5.41, 5.74) is 11.0. The zero-order valence-electron chi connectivity index (χ0n) is 24.5. The van der Waals surface area contributed by atoms with Crippen LogP contribution in [0.1, 0.15) is 0 Å². The van der Waals surface area contributed by atoms with Crippen molar-refractivity contribution < 1.29 is 4.42 Å². The summed E-state index contributed by atoms with van der Waals surface area (Å²) < 4.78 is 8.57. The number of rotatable bonds is 5. The molecule has 0 aliphatic heterocycles. The molecule has 0 N–H and O–H groups in total. The maximum absolute atomic E-state index is 6.18. The van der Waals surface area contributed by atoms with Crippen molar-refractivity contribution >= 4 is 60.8 Å². The Bertz CT molecular complexity index is 2470. The van der Waals surface area contributed by atoms with Gasteiger partial charge in [0.25, 0.3) is 0 Å². The summed E-state index contributed by atoms with van der Waals surface area (Å²) in [4.78, 5) is 2.34. The molecule has 3 heteroatoms. The van der Waals surface area contributed by atoms with Crippen LogP contribution in [0, 0.1) is 0 Å². The normalized spacial score (nSPS) is 11.6. The average Bonchev–Trinajstić information content (AvgIpc) is 3.65. The molecule has 2 aromatic heterocycles. The van der Waals surface area contributed by atoms with E-state index in [1.165, 1.54) is 32.9 Å². The lowest BCUT2D eigenvalue weighted by molar-refractivity contribution is 0.669. The molecule has 9 aromatic rings. The number of hydrogen-bond acceptors (Lipinski definition) is 2. The minimum absolute atomic E-state index is 0.891. The third-order valence-corrected chi connectivity index (χ3v) is 8.76. The van der Waals surface area contributed by atoms with Crippen molar-refractivity contribution in [1.29, 1.82) is 0 Å². The van der Waals surface area contributed by atoms with E-state index >= 15 is 0 Å². The van der Waals surface area contributed by atoms with Gasteiger partial charge in [0.15, 0.2) is 0 Å². The van der Waals surface area contributed by atoms with E-state index in [4.69, 9.17) is 4.42 Å². The number of benzene rings is 7. The molecule has 0 unspecified atom stereocenters. The lowest BCUT2D eigenvalue weighted by Crippen LogP contribution is -2.09. The maximum Gasteiger partial charge on any atom is 0.135 e. The van der Waals surface area contributed by atoms with Gasteiger partial charge in [-0.2, -0.15) is 0 Å². The highest BCUT2D eigenvalue weighted by atomic mass is 16.3. The van der Waals surface area contributed by atoms with Gasteiger partial charge in [0.05, 0.1) is 11.0 Å². The Balaban J connectivity index is 1.33. The van der Waals surface area contributed by atoms with Crippen molar-refractivity contribution in [3.8, 4) is 16.8 Å². The molecule has 7 aromatic carbocycles. The number of aromatic nitrogens is 1. The lowest BCUT2D eigenvalue weighted by Gasteiger charge is -2.25. The Labute approximate surface area is 260 Å². The number of anilines is 3. The van der Waals surface area contributed by atoms with Crippen LogP contribution in [0.25, 0.3) is 60.6 Å². The standard InChI is InChI=1S/C42H28N2O/c1-4-13-29(14-5-1)34-20-12-21-39-42(34)37-28-32(23-25-38(37)44(39)31-17-8-3-9-18-31)43(30-15-6-2-7-16-30)33-24-26-41-36(27-33)35-19-10-11-22-40(35)45-41/h1-28H. The first-order valence-corrected chi connectivity index (χ1v) is 15.3. The van der Waals surface area contributed by atoms with E-state index in [0.29, 0.717) is 0 Å². The van der Waals surface area contributed by atoms with E-state index in [2.05, 4.69) is 167 Å². The van der Waals surface area contributed by atoms with Crippen molar-refractivity contribution in [2.24, 2.45) is 0 Å². The van der Waals surface area contributed by atoms with Crippen LogP contribution in [-0.2, 0) is 0 Å². The number of nitrogens with zero attached hydrogens (tertiary/aromatic N) is 2. The number of hydrogen-bond donors (Lipinski definition) is 0. The first-order valence-electron chi connectivity index (χ1n) is 15.3. The van der Waals surface area contributed by atoms with Gasteiger partial charge in [-0.05, 0) is 83.9 Å². The van der Waals surface area contributed by atoms with Crippen molar-refractivity contribution in [3.63, 3.8) is 0 Å². The topological polar surface area (TPSA) is 21.3 Å². The number of para-hydroxylation sites is 3. The molecule has 0 bridgehead atoms. The van der Waals surface area contributed by atoms with Gasteiger partial charge in [-0.15, -0.1) is 0 Å². The van der Waals surface area contributed by atoms with E-state index in [9.17, 15) is 0 Å². The highest BCUT2D eigenvalue weighted by Gasteiger charge is 2.20. The van der Waals surface area contributed by atoms with Crippen LogP contribution in [-0.4, -0.2) is 4.57 Å². The summed E-state index contributed by atoms with van der Waals surface area (Å²) in [6, 6.07) is 60.2. The molecule has 0 amide bonds. The largest absolute Gasteiger partial charge is 0.456 e. The molecule has 0 spiro atoms. The summed E-state index contributed by atoms with van der Waals surface area (Å²) in [7, 11) is 0. The van der Waals surface area contributed by atoms with Gasteiger partial charge in [0, 0.05) is 44.3 Å². The van der Waals surface area contributed by atoms with Crippen LogP contribution in [0.15, 0.2) is 174 Å². The molecule has 212 valence electrons. The van der Waals surface area contributed by atoms with Crippen LogP contribution in [0.4, 0.5) is 17.1 Å². The molecule has 2 heterocycles. The summed E-state index contributed by atoms with van der Waals surface area (Å²) in [5.74, 6) is 0. The predicted molar refractivity (Wildman–Crippen MR) is 188 cm³/mol. The fraction of sp³-hybridized carbons (Fsp3) is 0. The molecule has 0 saturated carbocycles. The Morgan fingerprint density at radius 1 is 0.422 bits per heavy atom. The maximum atomic E-state index is 6.18. The van der Waals surface area contributed by atoms with Crippen molar-refractivity contribution in [2.45, 2.75) is 0 Å². The monoisotopic (exact) mass is 576 g/mol. The quantitative estimate of drug-likeness (QED) is 0.203. The second-order valence-electron chi connectivity index (χ2n) is 11.4. The molecule has 45 heavy (non-hydrogen) atoms. The van der Waals surface area contributed by atoms with Crippen molar-refractivity contribution in [3.05, 3.63) is 170 Å². The molecule has 0 atom stereocenters. The molecule has 3 nitrogen and oxygen atoms in total. The van der Waals surface area contributed by atoms with E-state index in [1.54, 1.807) is 0 Å². The van der Waals surface area contributed by atoms with E-state index in [0.717, 1.165) is 44.7 Å². The molecular weight excluding hydrogens is 548 g/mol. The van der Waals surface area contributed by atoms with E-state index in [1.807, 2.05) is 12.1 Å². The van der Waals surface area contributed by atoms with Crippen LogP contribution in [0.3, 0.4) is 0 Å². The Morgan fingerprint density at radius 2 is 1.07 bits per heavy atom. The van der Waals surface area contributed by atoms with Gasteiger partial charge in [-0.25, -0.2) is 0 Å². The molecular formula is C42H28N2O. The Morgan fingerprint density at radius 3 is 1.87 bits per heavy atom. The van der Waals surface area contributed by atoms with Crippen LogP contribution in [0.5, 0.6) is 0 Å². The summed E-state index contributed by atoms with van der Waals surface area (Å²) in [6.07, 6.45) is 0. The minimum Gasteiger partial charge on any atom is -0.456 e. The van der Waals surface area contributed by atoms with Crippen molar-refractivity contribution in [1.82, 2.24) is 4.57 Å². The highest BCUT2D eigenvalue weighted by Crippen LogP contribution is 2.43. The molecule has 0 radical (unpaired) electrons. The van der Waals surface area contributed by atoms with Gasteiger partial charge in [0.1, 0.15) is 11.2 Å². The van der Waals surface area contributed by atoms with Gasteiger partial charge >= 0.3 is 0 Å². The zero-order chi connectivity index (χ0) is 29.7. The van der Waals surface area contributed by atoms with E-state index in [-0.39, 0.29) is 0 Å². The summed E-state index contributed by atoms with van der Waals surface area (Å²) >= 11 is 0. The molecule has 0 aliphatic carbocycles. The van der Waals surface area contributed by atoms with Gasteiger partial charge in [-0.1, -0.05) is 97.1 Å². The second-order valence-corrected chi connectivity index (χ2v) is 11.4. The number of furan rings is 1.